The highest BCUT2D eigenvalue weighted by Crippen LogP contribution is 2.44. The van der Waals surface area contributed by atoms with Crippen LogP contribution in [0.3, 0.4) is 0 Å². The molecule has 1 aliphatic heterocycles. The molecule has 0 unspecified atom stereocenters. The summed E-state index contributed by atoms with van der Waals surface area (Å²) in [5, 5.41) is 10.1. The highest BCUT2D eigenvalue weighted by atomic mass is 16.7. The Morgan fingerprint density at radius 2 is 1.88 bits per heavy atom. The van der Waals surface area contributed by atoms with Crippen LogP contribution in [0.1, 0.15) is 11.1 Å². The van der Waals surface area contributed by atoms with Crippen molar-refractivity contribution in [3.63, 3.8) is 0 Å². The molecule has 2 heterocycles. The Morgan fingerprint density at radius 1 is 1.04 bits per heavy atom. The first-order valence-corrected chi connectivity index (χ1v) is 8.45. The summed E-state index contributed by atoms with van der Waals surface area (Å²) in [5.74, 6) is 2.76. The maximum Gasteiger partial charge on any atom is 0.231 e. The summed E-state index contributed by atoms with van der Waals surface area (Å²) >= 11 is 0. The standard InChI is InChI=1S/C20H17NO5/c1-23-16-6-11-4-13-5-12-7-17-19(26-10-25-17)9-15(12)21-20(13)14(11)8-18(16)24-3-2-22/h5-9,22H,2-4,10H2,1H3. The van der Waals surface area contributed by atoms with Crippen LogP contribution in [0.25, 0.3) is 22.2 Å². The number of hydrogen-bond acceptors (Lipinski definition) is 6. The lowest BCUT2D eigenvalue weighted by Gasteiger charge is -2.12. The monoisotopic (exact) mass is 351 g/mol. The molecule has 6 nitrogen and oxygen atoms in total. The zero-order valence-electron chi connectivity index (χ0n) is 14.2. The minimum absolute atomic E-state index is 0.0487. The second-order valence-electron chi connectivity index (χ2n) is 6.30. The van der Waals surface area contributed by atoms with Gasteiger partial charge in [0.25, 0.3) is 0 Å². The molecule has 3 aromatic rings. The topological polar surface area (TPSA) is 70.0 Å². The molecule has 0 fully saturated rings. The van der Waals surface area contributed by atoms with Crippen molar-refractivity contribution < 1.29 is 24.1 Å². The molecular formula is C20H17NO5. The Kier molecular flexibility index (Phi) is 3.39. The summed E-state index contributed by atoms with van der Waals surface area (Å²) in [6.45, 7) is 0.420. The van der Waals surface area contributed by atoms with Crippen molar-refractivity contribution in [1.82, 2.24) is 4.98 Å². The average Bonchev–Trinajstić information content (AvgIpc) is 3.24. The molecule has 0 bridgehead atoms. The van der Waals surface area contributed by atoms with Crippen molar-refractivity contribution in [3.8, 4) is 34.3 Å². The maximum atomic E-state index is 9.04. The quantitative estimate of drug-likeness (QED) is 0.610. The van der Waals surface area contributed by atoms with Crippen LogP contribution in [-0.4, -0.2) is 37.2 Å². The molecular weight excluding hydrogens is 334 g/mol. The van der Waals surface area contributed by atoms with Gasteiger partial charge in [0.1, 0.15) is 6.61 Å². The minimum Gasteiger partial charge on any atom is -0.493 e. The van der Waals surface area contributed by atoms with Crippen LogP contribution in [-0.2, 0) is 6.42 Å². The lowest BCUT2D eigenvalue weighted by atomic mass is 10.1. The van der Waals surface area contributed by atoms with Gasteiger partial charge in [0.05, 0.1) is 24.9 Å². The van der Waals surface area contributed by atoms with E-state index in [1.807, 2.05) is 24.3 Å². The minimum atomic E-state index is -0.0487. The van der Waals surface area contributed by atoms with Crippen LogP contribution < -0.4 is 18.9 Å². The number of nitrogens with zero attached hydrogens (tertiary/aromatic N) is 1. The predicted octanol–water partition coefficient (Wildman–Crippen LogP) is 2.91. The molecule has 1 N–H and O–H groups in total. The largest absolute Gasteiger partial charge is 0.493 e. The van der Waals surface area contributed by atoms with Crippen molar-refractivity contribution in [1.29, 1.82) is 0 Å². The number of ether oxygens (including phenoxy) is 4. The number of rotatable bonds is 4. The number of benzene rings is 2. The Balaban J connectivity index is 1.65. The van der Waals surface area contributed by atoms with E-state index in [4.69, 9.17) is 29.0 Å². The molecule has 6 heteroatoms. The molecule has 26 heavy (non-hydrogen) atoms. The van der Waals surface area contributed by atoms with Crippen LogP contribution in [0.5, 0.6) is 23.0 Å². The lowest BCUT2D eigenvalue weighted by molar-refractivity contribution is 0.174. The van der Waals surface area contributed by atoms with E-state index in [1.54, 1.807) is 7.11 Å². The normalized spacial score (nSPS) is 13.6. The van der Waals surface area contributed by atoms with Gasteiger partial charge in [-0.15, -0.1) is 0 Å². The van der Waals surface area contributed by atoms with Crippen molar-refractivity contribution in [2.45, 2.75) is 6.42 Å². The van der Waals surface area contributed by atoms with Crippen LogP contribution in [0.2, 0.25) is 0 Å². The fraction of sp³-hybridized carbons (Fsp3) is 0.250. The second kappa shape index (κ2) is 5.78. The zero-order valence-corrected chi connectivity index (χ0v) is 14.2. The van der Waals surface area contributed by atoms with Gasteiger partial charge in [-0.2, -0.15) is 0 Å². The number of pyridine rings is 1. The Hall–Kier alpha value is -2.99. The molecule has 1 aromatic heterocycles. The predicted molar refractivity (Wildman–Crippen MR) is 95.2 cm³/mol. The van der Waals surface area contributed by atoms with Crippen molar-refractivity contribution in [3.05, 3.63) is 41.5 Å². The summed E-state index contributed by atoms with van der Waals surface area (Å²) in [6.07, 6.45) is 0.790. The van der Waals surface area contributed by atoms with E-state index in [1.165, 1.54) is 0 Å². The molecule has 0 spiro atoms. The molecule has 0 radical (unpaired) electrons. The van der Waals surface area contributed by atoms with E-state index in [0.29, 0.717) is 11.5 Å². The van der Waals surface area contributed by atoms with Gasteiger partial charge in [0.2, 0.25) is 6.79 Å². The third kappa shape index (κ3) is 2.26. The van der Waals surface area contributed by atoms with E-state index in [-0.39, 0.29) is 20.0 Å². The van der Waals surface area contributed by atoms with Gasteiger partial charge in [0.15, 0.2) is 23.0 Å². The SMILES string of the molecule is COc1cc2c(cc1OCCO)-c1nc3cc4c(cc3cc1C2)OCO4. The van der Waals surface area contributed by atoms with E-state index < -0.39 is 0 Å². The Labute approximate surface area is 149 Å². The smallest absolute Gasteiger partial charge is 0.231 e. The van der Waals surface area contributed by atoms with Crippen molar-refractivity contribution >= 4 is 10.9 Å². The highest BCUT2D eigenvalue weighted by molar-refractivity contribution is 5.89. The molecule has 132 valence electrons. The summed E-state index contributed by atoms with van der Waals surface area (Å²) < 4.78 is 22.0. The molecule has 2 aliphatic rings. The third-order valence-corrected chi connectivity index (χ3v) is 4.76. The number of aromatic nitrogens is 1. The van der Waals surface area contributed by atoms with E-state index in [2.05, 4.69) is 6.07 Å². The molecule has 1 aliphatic carbocycles. The van der Waals surface area contributed by atoms with Crippen LogP contribution in [0.15, 0.2) is 30.3 Å². The molecule has 0 amide bonds. The highest BCUT2D eigenvalue weighted by Gasteiger charge is 2.25. The number of methoxy groups -OCH3 is 1. The Bertz CT molecular complexity index is 1030. The number of aliphatic hydroxyl groups excluding tert-OH is 1. The van der Waals surface area contributed by atoms with Gasteiger partial charge in [-0.1, -0.05) is 0 Å². The molecule has 0 atom stereocenters. The fourth-order valence-electron chi connectivity index (χ4n) is 3.58. The Morgan fingerprint density at radius 3 is 2.69 bits per heavy atom. The van der Waals surface area contributed by atoms with E-state index in [0.717, 1.165) is 51.2 Å². The van der Waals surface area contributed by atoms with Crippen molar-refractivity contribution in [2.75, 3.05) is 27.1 Å². The average molecular weight is 351 g/mol. The molecule has 0 saturated heterocycles. The summed E-state index contributed by atoms with van der Waals surface area (Å²) in [4.78, 5) is 4.87. The van der Waals surface area contributed by atoms with E-state index in [9.17, 15) is 0 Å². The maximum absolute atomic E-state index is 9.04. The van der Waals surface area contributed by atoms with Gasteiger partial charge in [-0.05, 0) is 35.4 Å². The first-order chi connectivity index (χ1) is 12.8. The summed E-state index contributed by atoms with van der Waals surface area (Å²) in [5.41, 5.74) is 5.16. The van der Waals surface area contributed by atoms with Crippen LogP contribution >= 0.6 is 0 Å². The van der Waals surface area contributed by atoms with Gasteiger partial charge in [0, 0.05) is 23.4 Å². The lowest BCUT2D eigenvalue weighted by Crippen LogP contribution is -2.03. The van der Waals surface area contributed by atoms with Gasteiger partial charge in [-0.25, -0.2) is 4.98 Å². The van der Waals surface area contributed by atoms with Crippen LogP contribution in [0, 0.1) is 0 Å². The zero-order chi connectivity index (χ0) is 17.7. The fourth-order valence-corrected chi connectivity index (χ4v) is 3.58. The van der Waals surface area contributed by atoms with Gasteiger partial charge < -0.3 is 24.1 Å². The number of hydrogen-bond donors (Lipinski definition) is 1. The summed E-state index contributed by atoms with van der Waals surface area (Å²) in [6, 6.07) is 9.98. The number of aliphatic hydroxyl groups is 1. The first-order valence-electron chi connectivity index (χ1n) is 8.45. The van der Waals surface area contributed by atoms with Crippen LogP contribution in [0.4, 0.5) is 0 Å². The van der Waals surface area contributed by atoms with Gasteiger partial charge in [-0.3, -0.25) is 0 Å². The molecule has 0 saturated carbocycles. The third-order valence-electron chi connectivity index (χ3n) is 4.76. The van der Waals surface area contributed by atoms with Gasteiger partial charge >= 0.3 is 0 Å². The second-order valence-corrected chi connectivity index (χ2v) is 6.30. The molecule has 2 aromatic carbocycles. The summed E-state index contributed by atoms with van der Waals surface area (Å²) in [7, 11) is 1.61. The molecule has 5 rings (SSSR count). The van der Waals surface area contributed by atoms with E-state index >= 15 is 0 Å². The van der Waals surface area contributed by atoms with Crippen molar-refractivity contribution in [2.24, 2.45) is 0 Å². The number of fused-ring (bicyclic) bond motifs is 5. The first kappa shape index (κ1) is 15.3.